The third-order valence-corrected chi connectivity index (χ3v) is 2.47. The summed E-state index contributed by atoms with van der Waals surface area (Å²) < 4.78 is 5.12. The van der Waals surface area contributed by atoms with Crippen molar-refractivity contribution in [1.82, 2.24) is 0 Å². The van der Waals surface area contributed by atoms with E-state index < -0.39 is 12.0 Å². The largest absolute Gasteiger partial charge is 0.496 e. The summed E-state index contributed by atoms with van der Waals surface area (Å²) in [5.74, 6) is 0.384. The zero-order valence-electron chi connectivity index (χ0n) is 9.56. The molecular formula is C12H17NO3. The minimum atomic E-state index is -0.655. The second-order valence-electron chi connectivity index (χ2n) is 3.75. The van der Waals surface area contributed by atoms with Gasteiger partial charge in [0.15, 0.2) is 0 Å². The summed E-state index contributed by atoms with van der Waals surface area (Å²) >= 11 is 0. The van der Waals surface area contributed by atoms with Gasteiger partial charge in [-0.2, -0.15) is 0 Å². The number of primary amides is 1. The number of aliphatic hydroxyl groups is 1. The number of hydrogen-bond donors (Lipinski definition) is 2. The van der Waals surface area contributed by atoms with Crippen LogP contribution in [0.3, 0.4) is 0 Å². The molecule has 0 spiro atoms. The third-order valence-electron chi connectivity index (χ3n) is 2.47. The van der Waals surface area contributed by atoms with Crippen molar-refractivity contribution in [2.75, 3.05) is 7.11 Å². The van der Waals surface area contributed by atoms with Crippen LogP contribution in [0.15, 0.2) is 18.2 Å². The van der Waals surface area contributed by atoms with Gasteiger partial charge in [0, 0.05) is 6.42 Å². The Kier molecular flexibility index (Phi) is 4.31. The lowest BCUT2D eigenvalue weighted by atomic mass is 10.0. The standard InChI is InChI=1S/C12H17NO3/c1-8-7-9(3-5-11(8)16-2)10(14)4-6-12(13)15/h3,5,7,10,14H,4,6H2,1-2H3,(H2,13,15). The van der Waals surface area contributed by atoms with Crippen molar-refractivity contribution in [3.8, 4) is 5.75 Å². The molecule has 0 aliphatic rings. The number of nitrogens with two attached hydrogens (primary N) is 1. The third kappa shape index (κ3) is 3.24. The first-order valence-corrected chi connectivity index (χ1v) is 5.15. The molecule has 0 saturated heterocycles. The van der Waals surface area contributed by atoms with E-state index in [1.54, 1.807) is 19.2 Å². The highest BCUT2D eigenvalue weighted by atomic mass is 16.5. The van der Waals surface area contributed by atoms with Gasteiger partial charge < -0.3 is 15.6 Å². The lowest BCUT2D eigenvalue weighted by Crippen LogP contribution is -2.12. The summed E-state index contributed by atoms with van der Waals surface area (Å²) in [6.45, 7) is 1.91. The lowest BCUT2D eigenvalue weighted by molar-refractivity contribution is -0.118. The van der Waals surface area contributed by atoms with Crippen molar-refractivity contribution in [2.45, 2.75) is 25.9 Å². The second kappa shape index (κ2) is 5.51. The maximum absolute atomic E-state index is 10.6. The van der Waals surface area contributed by atoms with Crippen molar-refractivity contribution >= 4 is 5.91 Å². The van der Waals surface area contributed by atoms with Crippen LogP contribution in [0.2, 0.25) is 0 Å². The van der Waals surface area contributed by atoms with Gasteiger partial charge >= 0.3 is 0 Å². The van der Waals surface area contributed by atoms with Crippen LogP contribution in [0.5, 0.6) is 5.75 Å². The summed E-state index contributed by atoms with van der Waals surface area (Å²) in [6, 6.07) is 5.44. The van der Waals surface area contributed by atoms with Crippen LogP contribution < -0.4 is 10.5 Å². The van der Waals surface area contributed by atoms with Crippen molar-refractivity contribution in [3.63, 3.8) is 0 Å². The van der Waals surface area contributed by atoms with E-state index in [0.717, 1.165) is 16.9 Å². The predicted molar refractivity (Wildman–Crippen MR) is 61.1 cm³/mol. The fourth-order valence-corrected chi connectivity index (χ4v) is 1.55. The Balaban J connectivity index is 2.72. The Bertz CT molecular complexity index is 377. The molecule has 1 aromatic carbocycles. The average Bonchev–Trinajstić information content (AvgIpc) is 2.25. The molecule has 0 aliphatic carbocycles. The SMILES string of the molecule is COc1ccc(C(O)CCC(N)=O)cc1C. The highest BCUT2D eigenvalue weighted by molar-refractivity contribution is 5.73. The molecule has 0 bridgehead atoms. The molecule has 1 rings (SSSR count). The summed E-state index contributed by atoms with van der Waals surface area (Å²) in [5, 5.41) is 9.81. The molecule has 0 aromatic heterocycles. The van der Waals surface area contributed by atoms with Crippen LogP contribution in [0, 0.1) is 6.92 Å². The zero-order valence-corrected chi connectivity index (χ0v) is 9.56. The molecule has 1 aromatic rings. The number of rotatable bonds is 5. The van der Waals surface area contributed by atoms with E-state index in [4.69, 9.17) is 10.5 Å². The van der Waals surface area contributed by atoms with E-state index in [2.05, 4.69) is 0 Å². The number of hydrogen-bond acceptors (Lipinski definition) is 3. The topological polar surface area (TPSA) is 72.6 Å². The van der Waals surface area contributed by atoms with Crippen molar-refractivity contribution in [3.05, 3.63) is 29.3 Å². The quantitative estimate of drug-likeness (QED) is 0.790. The first kappa shape index (κ1) is 12.5. The van der Waals surface area contributed by atoms with E-state index >= 15 is 0 Å². The Morgan fingerprint density at radius 3 is 2.75 bits per heavy atom. The normalized spacial score (nSPS) is 12.2. The Hall–Kier alpha value is -1.55. The molecule has 1 atom stereocenters. The minimum Gasteiger partial charge on any atom is -0.496 e. The van der Waals surface area contributed by atoms with E-state index in [-0.39, 0.29) is 6.42 Å². The summed E-state index contributed by atoms with van der Waals surface area (Å²) in [7, 11) is 1.60. The molecule has 0 fully saturated rings. The highest BCUT2D eigenvalue weighted by Crippen LogP contribution is 2.24. The number of amides is 1. The molecule has 4 nitrogen and oxygen atoms in total. The van der Waals surface area contributed by atoms with E-state index in [0.29, 0.717) is 6.42 Å². The van der Waals surface area contributed by atoms with Crippen LogP contribution in [-0.2, 0) is 4.79 Å². The van der Waals surface area contributed by atoms with Crippen molar-refractivity contribution in [2.24, 2.45) is 5.73 Å². The molecule has 0 aliphatic heterocycles. The van der Waals surface area contributed by atoms with Crippen molar-refractivity contribution in [1.29, 1.82) is 0 Å². The number of aliphatic hydroxyl groups excluding tert-OH is 1. The Morgan fingerprint density at radius 2 is 2.25 bits per heavy atom. The minimum absolute atomic E-state index is 0.187. The highest BCUT2D eigenvalue weighted by Gasteiger charge is 2.10. The first-order valence-electron chi connectivity index (χ1n) is 5.15. The predicted octanol–water partition coefficient (Wildman–Crippen LogP) is 1.30. The molecule has 0 heterocycles. The van der Waals surface area contributed by atoms with Gasteiger partial charge in [-0.05, 0) is 36.6 Å². The van der Waals surface area contributed by atoms with Crippen LogP contribution in [0.1, 0.15) is 30.1 Å². The molecule has 4 heteroatoms. The maximum Gasteiger partial charge on any atom is 0.217 e. The summed E-state index contributed by atoms with van der Waals surface area (Å²) in [6.07, 6.45) is -0.120. The fraction of sp³-hybridized carbons (Fsp3) is 0.417. The van der Waals surface area contributed by atoms with Crippen LogP contribution in [0.25, 0.3) is 0 Å². The summed E-state index contributed by atoms with van der Waals surface area (Å²) in [5.41, 5.74) is 6.76. The second-order valence-corrected chi connectivity index (χ2v) is 3.75. The van der Waals surface area contributed by atoms with Gasteiger partial charge in [0.1, 0.15) is 5.75 Å². The van der Waals surface area contributed by atoms with Gasteiger partial charge in [-0.15, -0.1) is 0 Å². The van der Waals surface area contributed by atoms with Gasteiger partial charge in [0.05, 0.1) is 13.2 Å². The monoisotopic (exact) mass is 223 g/mol. The molecule has 88 valence electrons. The lowest BCUT2D eigenvalue weighted by Gasteiger charge is -2.12. The fourth-order valence-electron chi connectivity index (χ4n) is 1.55. The molecule has 1 amide bonds. The van der Waals surface area contributed by atoms with Crippen LogP contribution in [0.4, 0.5) is 0 Å². The number of methoxy groups -OCH3 is 1. The van der Waals surface area contributed by atoms with Gasteiger partial charge in [0.25, 0.3) is 0 Å². The van der Waals surface area contributed by atoms with Crippen LogP contribution in [-0.4, -0.2) is 18.1 Å². The van der Waals surface area contributed by atoms with Gasteiger partial charge in [-0.1, -0.05) is 6.07 Å². The van der Waals surface area contributed by atoms with E-state index in [9.17, 15) is 9.90 Å². The zero-order chi connectivity index (χ0) is 12.1. The number of carbonyl (C=O) groups is 1. The molecule has 0 radical (unpaired) electrons. The number of benzene rings is 1. The molecule has 1 unspecified atom stereocenters. The van der Waals surface area contributed by atoms with Crippen molar-refractivity contribution < 1.29 is 14.6 Å². The first-order chi connectivity index (χ1) is 7.54. The van der Waals surface area contributed by atoms with Gasteiger partial charge in [0.2, 0.25) is 5.91 Å². The summed E-state index contributed by atoms with van der Waals surface area (Å²) in [4.78, 5) is 10.6. The van der Waals surface area contributed by atoms with Crippen LogP contribution >= 0.6 is 0 Å². The number of aryl methyl sites for hydroxylation is 1. The molecular weight excluding hydrogens is 206 g/mol. The van der Waals surface area contributed by atoms with Gasteiger partial charge in [-0.3, -0.25) is 4.79 Å². The van der Waals surface area contributed by atoms with E-state index in [1.807, 2.05) is 13.0 Å². The average molecular weight is 223 g/mol. The smallest absolute Gasteiger partial charge is 0.217 e. The molecule has 3 N–H and O–H groups in total. The van der Waals surface area contributed by atoms with Gasteiger partial charge in [-0.25, -0.2) is 0 Å². The Morgan fingerprint density at radius 1 is 1.56 bits per heavy atom. The molecule has 16 heavy (non-hydrogen) atoms. The number of ether oxygens (including phenoxy) is 1. The maximum atomic E-state index is 10.6. The Labute approximate surface area is 95.0 Å². The number of carbonyl (C=O) groups excluding carboxylic acids is 1. The molecule has 0 saturated carbocycles. The van der Waals surface area contributed by atoms with E-state index in [1.165, 1.54) is 0 Å².